The van der Waals surface area contributed by atoms with Crippen LogP contribution in [0.2, 0.25) is 0 Å². The Labute approximate surface area is 106 Å². The molecule has 0 atom stereocenters. The molecule has 0 spiro atoms. The van der Waals surface area contributed by atoms with Crippen LogP contribution < -0.4 is 5.50 Å². The van der Waals surface area contributed by atoms with Gasteiger partial charge in [0.05, 0.1) is 0 Å². The Morgan fingerprint density at radius 3 is 1.00 bits per heavy atom. The van der Waals surface area contributed by atoms with Gasteiger partial charge < -0.3 is 0 Å². The van der Waals surface area contributed by atoms with Crippen LogP contribution in [0, 0.1) is 0 Å². The van der Waals surface area contributed by atoms with Gasteiger partial charge in [0.2, 0.25) is 0 Å². The minimum atomic E-state index is -1.95. The van der Waals surface area contributed by atoms with Crippen LogP contribution in [0.15, 0.2) is 0 Å². The van der Waals surface area contributed by atoms with Crippen LogP contribution in [0.1, 0.15) is 38.5 Å². The first-order chi connectivity index (χ1) is 8.32. The van der Waals surface area contributed by atoms with Crippen LogP contribution in [-0.2, 0) is 0 Å². The molecule has 0 unspecified atom stereocenters. The van der Waals surface area contributed by atoms with E-state index in [9.17, 15) is 0 Å². The third kappa shape index (κ3) is 2.15. The zero-order chi connectivity index (χ0) is 11.7. The van der Waals surface area contributed by atoms with Gasteiger partial charge in [-0.1, -0.05) is 0 Å². The fourth-order valence-electron chi connectivity index (χ4n) is 3.74. The van der Waals surface area contributed by atoms with Crippen molar-refractivity contribution in [2.24, 2.45) is 5.50 Å². The van der Waals surface area contributed by atoms with Gasteiger partial charge in [-0.2, -0.15) is 0 Å². The molecule has 0 aromatic carbocycles. The third-order valence-corrected chi connectivity index (χ3v) is 8.85. The summed E-state index contributed by atoms with van der Waals surface area (Å²) in [4.78, 5) is 0. The van der Waals surface area contributed by atoms with Gasteiger partial charge >= 0.3 is 105 Å². The van der Waals surface area contributed by atoms with Gasteiger partial charge in [0, 0.05) is 0 Å². The third-order valence-electron chi connectivity index (χ3n) is 4.71. The van der Waals surface area contributed by atoms with E-state index in [-0.39, 0.29) is 0 Å². The van der Waals surface area contributed by atoms with E-state index in [1.807, 2.05) is 0 Å². The van der Waals surface area contributed by atoms with Gasteiger partial charge in [-0.3, -0.25) is 0 Å². The normalized spacial score (nSPS) is 30.4. The molecule has 3 heterocycles. The molecule has 0 bridgehead atoms. The molecule has 3 fully saturated rings. The van der Waals surface area contributed by atoms with Crippen LogP contribution in [-0.4, -0.2) is 53.3 Å². The Bertz CT molecular complexity index is 214. The summed E-state index contributed by atoms with van der Waals surface area (Å²) < 4.78 is 8.01. The van der Waals surface area contributed by atoms with Crippen molar-refractivity contribution in [2.45, 2.75) is 38.5 Å². The molecule has 3 aliphatic heterocycles. The van der Waals surface area contributed by atoms with E-state index in [1.54, 1.807) is 0 Å². The molecule has 17 heavy (non-hydrogen) atoms. The fraction of sp³-hybridized carbons (Fsp3) is 1.00. The van der Waals surface area contributed by atoms with Gasteiger partial charge in [0.25, 0.3) is 0 Å². The van der Waals surface area contributed by atoms with E-state index in [0.717, 1.165) is 0 Å². The van der Waals surface area contributed by atoms with E-state index in [2.05, 4.69) is 14.0 Å². The average molecular weight is 258 g/mol. The molecule has 0 aromatic rings. The Balaban J connectivity index is 1.81. The van der Waals surface area contributed by atoms with Crippen molar-refractivity contribution in [3.63, 3.8) is 0 Å². The minimum absolute atomic E-state index is 1.25. The van der Waals surface area contributed by atoms with Crippen LogP contribution in [0.5, 0.6) is 0 Å². The maximum atomic E-state index is 7.03. The van der Waals surface area contributed by atoms with Crippen molar-refractivity contribution in [1.29, 1.82) is 0 Å². The summed E-state index contributed by atoms with van der Waals surface area (Å²) in [6, 6.07) is 0. The zero-order valence-corrected chi connectivity index (χ0v) is 11.9. The van der Waals surface area contributed by atoms with E-state index in [1.165, 1.54) is 77.8 Å². The summed E-state index contributed by atoms with van der Waals surface area (Å²) in [5.41, 5.74) is 7.03. The van der Waals surface area contributed by atoms with Gasteiger partial charge in [-0.15, -0.1) is 0 Å². The first-order valence-electron chi connectivity index (χ1n) is 7.36. The van der Waals surface area contributed by atoms with Crippen molar-refractivity contribution in [3.05, 3.63) is 0 Å². The van der Waals surface area contributed by atoms with Crippen molar-refractivity contribution in [3.8, 4) is 0 Å². The maximum absolute atomic E-state index is 7.03. The number of hydrogen-bond donors (Lipinski definition) is 1. The summed E-state index contributed by atoms with van der Waals surface area (Å²) in [7, 11) is -1.95. The molecule has 5 heteroatoms. The van der Waals surface area contributed by atoms with E-state index >= 15 is 0 Å². The van der Waals surface area contributed by atoms with Crippen LogP contribution >= 0.6 is 7.87 Å². The van der Waals surface area contributed by atoms with Gasteiger partial charge in [-0.25, -0.2) is 0 Å². The SMILES string of the molecule is N[PH](N1CCCC1)(N1CCCC1)N1CCCC1. The molecule has 0 aromatic heterocycles. The van der Waals surface area contributed by atoms with Crippen LogP contribution in [0.25, 0.3) is 0 Å². The Morgan fingerprint density at radius 2 is 0.765 bits per heavy atom. The first kappa shape index (κ1) is 12.3. The van der Waals surface area contributed by atoms with Crippen molar-refractivity contribution < 1.29 is 0 Å². The predicted molar refractivity (Wildman–Crippen MR) is 74.9 cm³/mol. The molecule has 0 saturated carbocycles. The van der Waals surface area contributed by atoms with E-state index < -0.39 is 7.87 Å². The van der Waals surface area contributed by atoms with Crippen molar-refractivity contribution in [1.82, 2.24) is 14.0 Å². The monoisotopic (exact) mass is 258 g/mol. The molecule has 0 amide bonds. The molecule has 0 aliphatic carbocycles. The number of rotatable bonds is 3. The van der Waals surface area contributed by atoms with Crippen LogP contribution in [0.4, 0.5) is 0 Å². The second-order valence-electron chi connectivity index (χ2n) is 5.77. The van der Waals surface area contributed by atoms with Gasteiger partial charge in [-0.05, 0) is 0 Å². The second kappa shape index (κ2) is 5.10. The summed E-state index contributed by atoms with van der Waals surface area (Å²) in [6.07, 6.45) is 8.13. The van der Waals surface area contributed by atoms with E-state index in [4.69, 9.17) is 5.50 Å². The van der Waals surface area contributed by atoms with Crippen molar-refractivity contribution >= 4 is 7.87 Å². The molecular weight excluding hydrogens is 231 g/mol. The molecule has 3 rings (SSSR count). The number of nitrogens with two attached hydrogens (primary N) is 1. The molecule has 3 aliphatic rings. The van der Waals surface area contributed by atoms with Gasteiger partial charge in [0.15, 0.2) is 0 Å². The van der Waals surface area contributed by atoms with Crippen LogP contribution in [0.3, 0.4) is 0 Å². The zero-order valence-electron chi connectivity index (χ0n) is 10.9. The molecule has 3 saturated heterocycles. The Hall–Kier alpha value is 0.270. The molecule has 0 radical (unpaired) electrons. The van der Waals surface area contributed by atoms with Crippen molar-refractivity contribution in [2.75, 3.05) is 39.3 Å². The van der Waals surface area contributed by atoms with Gasteiger partial charge in [0.1, 0.15) is 0 Å². The molecule has 100 valence electrons. The standard InChI is InChI=1S/C12H27N4P/c13-17(14-7-1-2-8-14,15-9-3-4-10-15)16-11-5-6-12-16/h17H,1-13H2. The first-order valence-corrected chi connectivity index (χ1v) is 9.28. The topological polar surface area (TPSA) is 35.7 Å². The fourth-order valence-corrected chi connectivity index (χ4v) is 7.86. The Kier molecular flexibility index (Phi) is 3.69. The molecule has 4 nitrogen and oxygen atoms in total. The average Bonchev–Trinajstić information content (AvgIpc) is 3.10. The number of hydrogen-bond acceptors (Lipinski definition) is 4. The second-order valence-corrected chi connectivity index (χ2v) is 9.04. The summed E-state index contributed by atoms with van der Waals surface area (Å²) >= 11 is 0. The predicted octanol–water partition coefficient (Wildman–Crippen LogP) is 1.64. The Morgan fingerprint density at radius 1 is 0.529 bits per heavy atom. The summed E-state index contributed by atoms with van der Waals surface area (Å²) in [5, 5.41) is 0. The number of nitrogens with zero attached hydrogens (tertiary/aromatic N) is 3. The molecule has 2 N–H and O–H groups in total. The van der Waals surface area contributed by atoms with E-state index in [0.29, 0.717) is 0 Å². The molecular formula is C12H27N4P. The summed E-state index contributed by atoms with van der Waals surface area (Å²) in [6.45, 7) is 7.47. The quantitative estimate of drug-likeness (QED) is 0.781. The summed E-state index contributed by atoms with van der Waals surface area (Å²) in [5.74, 6) is 0.